The molecule has 1 saturated heterocycles. The second kappa shape index (κ2) is 15.8. The molecule has 0 spiro atoms. The highest BCUT2D eigenvalue weighted by atomic mass is 32.7. The number of nitrogens with zero attached hydrogens (tertiary/aromatic N) is 4. The highest BCUT2D eigenvalue weighted by molar-refractivity contribution is 8.56. The van der Waals surface area contributed by atoms with Crippen molar-refractivity contribution in [1.82, 2.24) is 29.9 Å². The highest BCUT2D eigenvalue weighted by Gasteiger charge is 2.54. The Balaban J connectivity index is 1.86. The van der Waals surface area contributed by atoms with Crippen LogP contribution in [0, 0.1) is 0 Å². The predicted molar refractivity (Wildman–Crippen MR) is 167 cm³/mol. The molecule has 0 aromatic carbocycles. The van der Waals surface area contributed by atoms with E-state index in [9.17, 15) is 29.2 Å². The fourth-order valence-corrected chi connectivity index (χ4v) is 8.21. The number of nitrogen functional groups attached to an aromatic ring is 1. The molecule has 1 aliphatic rings. The molecule has 1 amide bonds. The summed E-state index contributed by atoms with van der Waals surface area (Å²) in [6.07, 6.45) is -4.80. The summed E-state index contributed by atoms with van der Waals surface area (Å²) in [6.45, 7) is 4.44. The lowest BCUT2D eigenvalue weighted by molar-refractivity contribution is -0.150. The molecule has 3 rings (SSSR count). The molecule has 0 aliphatic carbocycles. The summed E-state index contributed by atoms with van der Waals surface area (Å²) < 4.78 is 47.5. The van der Waals surface area contributed by atoms with E-state index in [2.05, 4.69) is 30.1 Å². The van der Waals surface area contributed by atoms with Crippen LogP contribution in [0.5, 0.6) is 5.88 Å². The van der Waals surface area contributed by atoms with Crippen molar-refractivity contribution in [2.45, 2.75) is 89.9 Å². The van der Waals surface area contributed by atoms with Gasteiger partial charge in [-0.3, -0.25) is 13.9 Å². The van der Waals surface area contributed by atoms with Crippen LogP contribution in [0.25, 0.3) is 11.2 Å². The summed E-state index contributed by atoms with van der Waals surface area (Å²) >= 11 is 0.579. The SMILES string of the molecule is COC(=O)NC(CSP(=O)(N[C@H](C)C(=O)OC(C)C)OC[C@H]1OC(n2cnc3c(OC)nc(N)nc32)[C@](C)(O)[C@@H]1O)C(=O)OC(C)C. The Morgan fingerprint density at radius 1 is 1.15 bits per heavy atom. The summed E-state index contributed by atoms with van der Waals surface area (Å²) in [5, 5.41) is 27.4. The summed E-state index contributed by atoms with van der Waals surface area (Å²) in [5.74, 6) is -1.98. The van der Waals surface area contributed by atoms with Gasteiger partial charge in [0.05, 0.1) is 39.4 Å². The van der Waals surface area contributed by atoms with E-state index >= 15 is 0 Å². The Bertz CT molecular complexity index is 1480. The Morgan fingerprint density at radius 3 is 2.38 bits per heavy atom. The van der Waals surface area contributed by atoms with Gasteiger partial charge < -0.3 is 49.5 Å². The first-order chi connectivity index (χ1) is 21.9. The van der Waals surface area contributed by atoms with Gasteiger partial charge in [0.1, 0.15) is 29.9 Å². The van der Waals surface area contributed by atoms with Crippen LogP contribution < -0.4 is 20.9 Å². The molecule has 7 atom stereocenters. The Labute approximate surface area is 274 Å². The minimum Gasteiger partial charge on any atom is -0.479 e. The van der Waals surface area contributed by atoms with Gasteiger partial charge in [-0.1, -0.05) is 11.4 Å². The lowest BCUT2D eigenvalue weighted by Crippen LogP contribution is -2.45. The first kappa shape index (κ1) is 38.2. The number of aliphatic hydroxyl groups excluding tert-OH is 1. The average Bonchev–Trinajstić information content (AvgIpc) is 3.49. The van der Waals surface area contributed by atoms with Crippen molar-refractivity contribution in [3.05, 3.63) is 6.33 Å². The molecule has 3 heterocycles. The second-order valence-electron chi connectivity index (χ2n) is 11.2. The number of hydrogen-bond donors (Lipinski definition) is 5. The number of imidazole rings is 1. The minimum absolute atomic E-state index is 0.0794. The molecule has 0 bridgehead atoms. The van der Waals surface area contributed by atoms with Gasteiger partial charge >= 0.3 is 24.8 Å². The number of rotatable bonds is 15. The number of ether oxygens (including phenoxy) is 5. The van der Waals surface area contributed by atoms with E-state index in [1.54, 1.807) is 27.7 Å². The lowest BCUT2D eigenvalue weighted by atomic mass is 9.96. The largest absolute Gasteiger partial charge is 0.479 e. The number of nitrogens with two attached hydrogens (primary N) is 1. The number of carbonyl (C=O) groups excluding carboxylic acids is 3. The van der Waals surface area contributed by atoms with E-state index in [1.807, 2.05) is 0 Å². The number of anilines is 1. The van der Waals surface area contributed by atoms with Crippen molar-refractivity contribution in [3.8, 4) is 5.88 Å². The number of carbonyl (C=O) groups is 3. The molecule has 2 aromatic heterocycles. The van der Waals surface area contributed by atoms with Crippen molar-refractivity contribution in [2.75, 3.05) is 32.3 Å². The molecule has 3 unspecified atom stereocenters. The topological polar surface area (TPSA) is 258 Å². The van der Waals surface area contributed by atoms with Crippen molar-refractivity contribution in [3.63, 3.8) is 0 Å². The van der Waals surface area contributed by atoms with Crippen molar-refractivity contribution in [1.29, 1.82) is 0 Å². The van der Waals surface area contributed by atoms with Gasteiger partial charge in [-0.2, -0.15) is 9.97 Å². The van der Waals surface area contributed by atoms with Crippen LogP contribution in [-0.2, 0) is 37.6 Å². The molecule has 19 nitrogen and oxygen atoms in total. The van der Waals surface area contributed by atoms with Crippen molar-refractivity contribution < 1.29 is 57.4 Å². The van der Waals surface area contributed by atoms with Gasteiger partial charge in [0.2, 0.25) is 11.8 Å². The minimum atomic E-state index is -4.19. The fraction of sp³-hybridized carbons (Fsp3) is 0.692. The molecular weight excluding hydrogens is 665 g/mol. The molecule has 1 fully saturated rings. The van der Waals surface area contributed by atoms with Gasteiger partial charge in [-0.15, -0.1) is 0 Å². The van der Waals surface area contributed by atoms with Crippen molar-refractivity contribution in [2.24, 2.45) is 0 Å². The molecule has 0 radical (unpaired) electrons. The fourth-order valence-electron chi connectivity index (χ4n) is 4.36. The third-order valence-corrected chi connectivity index (χ3v) is 10.7. The Hall–Kier alpha value is -3.26. The quantitative estimate of drug-likeness (QED) is 0.0978. The monoisotopic (exact) mass is 707 g/mol. The van der Waals surface area contributed by atoms with Crippen molar-refractivity contribution >= 4 is 53.2 Å². The number of fused-ring (bicyclic) bond motifs is 1. The maximum atomic E-state index is 14.2. The van der Waals surface area contributed by atoms with E-state index in [0.717, 1.165) is 7.11 Å². The molecule has 0 saturated carbocycles. The second-order valence-corrected chi connectivity index (χ2v) is 15.5. The van der Waals surface area contributed by atoms with Crippen LogP contribution in [0.4, 0.5) is 10.7 Å². The summed E-state index contributed by atoms with van der Waals surface area (Å²) in [7, 11) is 2.47. The van der Waals surface area contributed by atoms with E-state index in [1.165, 1.54) is 31.9 Å². The van der Waals surface area contributed by atoms with E-state index in [0.29, 0.717) is 11.4 Å². The Morgan fingerprint density at radius 2 is 1.79 bits per heavy atom. The first-order valence-corrected chi connectivity index (χ1v) is 17.7. The Kier molecular flexibility index (Phi) is 12.8. The van der Waals surface area contributed by atoms with E-state index in [4.69, 9.17) is 29.2 Å². The normalized spacial score (nSPS) is 23.7. The van der Waals surface area contributed by atoms with E-state index < -0.39 is 79.7 Å². The zero-order valence-electron chi connectivity index (χ0n) is 27.2. The molecule has 1 aliphatic heterocycles. The maximum absolute atomic E-state index is 14.2. The number of hydrogen-bond acceptors (Lipinski definition) is 17. The zero-order chi connectivity index (χ0) is 35.3. The number of aliphatic hydroxyl groups is 2. The number of amides is 1. The third kappa shape index (κ3) is 9.43. The smallest absolute Gasteiger partial charge is 0.407 e. The summed E-state index contributed by atoms with van der Waals surface area (Å²) in [5.41, 5.74) is 4.22. The third-order valence-electron chi connectivity index (χ3n) is 6.60. The number of methoxy groups -OCH3 is 2. The predicted octanol–water partition coefficient (Wildman–Crippen LogP) is 0.890. The molecule has 264 valence electrons. The molecule has 2 aromatic rings. The average molecular weight is 708 g/mol. The highest BCUT2D eigenvalue weighted by Crippen LogP contribution is 2.57. The van der Waals surface area contributed by atoms with Crippen LogP contribution in [0.15, 0.2) is 6.33 Å². The van der Waals surface area contributed by atoms with E-state index in [-0.39, 0.29) is 28.7 Å². The molecule has 6 N–H and O–H groups in total. The number of nitrogens with one attached hydrogen (secondary N) is 2. The van der Waals surface area contributed by atoms with Gasteiger partial charge in [0.25, 0.3) is 0 Å². The number of alkyl carbamates (subject to hydrolysis) is 1. The maximum Gasteiger partial charge on any atom is 0.407 e. The lowest BCUT2D eigenvalue weighted by Gasteiger charge is -2.27. The van der Waals surface area contributed by atoms with Crippen LogP contribution >= 0.6 is 18.1 Å². The van der Waals surface area contributed by atoms with Crippen LogP contribution in [0.2, 0.25) is 0 Å². The molecular formula is C26H42N7O12PS. The number of esters is 2. The summed E-state index contributed by atoms with van der Waals surface area (Å²) in [4.78, 5) is 49.6. The summed E-state index contributed by atoms with van der Waals surface area (Å²) in [6, 6.07) is -2.49. The van der Waals surface area contributed by atoms with Crippen LogP contribution in [-0.4, -0.2) is 116 Å². The van der Waals surface area contributed by atoms with Gasteiger partial charge in [-0.05, 0) is 41.5 Å². The van der Waals surface area contributed by atoms with Crippen LogP contribution in [0.1, 0.15) is 47.8 Å². The van der Waals surface area contributed by atoms with Gasteiger partial charge in [0.15, 0.2) is 17.4 Å². The van der Waals surface area contributed by atoms with Crippen LogP contribution in [0.3, 0.4) is 0 Å². The standard InChI is InChI=1S/C26H42N7O12PS/c1-12(2)43-21(35)14(5)32-46(39,47-10-15(29-25(37)41-8)22(36)44-13(3)4)42-9-16-18(34)26(6,38)23(45-16)33-11-28-17-19(33)30-24(27)31-20(17)40-7/h11-16,18,23,34,38H,9-10H2,1-8H3,(H,29,37)(H,32,39)(H2,27,30,31)/t14-,15?,16-,18-,23?,26-,46?/m1/s1. The zero-order valence-corrected chi connectivity index (χ0v) is 28.9. The van der Waals surface area contributed by atoms with Gasteiger partial charge in [-0.25, -0.2) is 19.7 Å². The number of aromatic nitrogens is 4. The molecule has 47 heavy (non-hydrogen) atoms. The van der Waals surface area contributed by atoms with Gasteiger partial charge in [0, 0.05) is 5.75 Å². The molecule has 21 heteroatoms. The first-order valence-electron chi connectivity index (χ1n) is 14.4.